The minimum Gasteiger partial charge on any atom is -0.395 e. The molecule has 0 spiro atoms. The summed E-state index contributed by atoms with van der Waals surface area (Å²) in [7, 11) is 0. The maximum absolute atomic E-state index is 11.0. The van der Waals surface area contributed by atoms with Gasteiger partial charge in [-0.25, -0.2) is 0 Å². The van der Waals surface area contributed by atoms with Gasteiger partial charge in [-0.1, -0.05) is 40.0 Å². The molecule has 0 fully saturated rings. The van der Waals surface area contributed by atoms with Gasteiger partial charge >= 0.3 is 0 Å². The fourth-order valence-corrected chi connectivity index (χ4v) is 3.60. The van der Waals surface area contributed by atoms with E-state index in [1.165, 1.54) is 0 Å². The van der Waals surface area contributed by atoms with Gasteiger partial charge in [0.05, 0.1) is 61.1 Å². The van der Waals surface area contributed by atoms with E-state index in [4.69, 9.17) is 0 Å². The van der Waals surface area contributed by atoms with Crippen molar-refractivity contribution in [3.63, 3.8) is 0 Å². The van der Waals surface area contributed by atoms with Gasteiger partial charge in [-0.3, -0.25) is 9.97 Å². The summed E-state index contributed by atoms with van der Waals surface area (Å²) in [5.41, 5.74) is 1.20. The second-order valence-electron chi connectivity index (χ2n) is 8.67. The molecule has 0 amide bonds. The maximum Gasteiger partial charge on any atom is 0.0925 e. The van der Waals surface area contributed by atoms with Gasteiger partial charge in [-0.15, -0.1) is 0 Å². The summed E-state index contributed by atoms with van der Waals surface area (Å²) in [6.07, 6.45) is 7.84. The monoisotopic (exact) mass is 469 g/mol. The standard InChI is InChI=1S/C24H47N5O4/c1-4-7-10-25-20(16-30)22(32)13-18-14-29-19(15-28-18)23(27-12-9-6-3)24(33)21(17-31)26-11-8-5-2/h14-15,20-27,30-33H,4-13,16-17H2,1-3H3/t20-,21-,22-,23-,24+/m0/s1. The lowest BCUT2D eigenvalue weighted by Crippen LogP contribution is -2.49. The van der Waals surface area contributed by atoms with Gasteiger partial charge in [0.15, 0.2) is 0 Å². The molecule has 7 N–H and O–H groups in total. The molecule has 0 aliphatic carbocycles. The SMILES string of the molecule is CCCCN[C@@H](CO)[C@@H](O)[C@@H](NCCCC)c1cnc(C[C@H](O)[C@H](CO)NCCCC)cn1. The average Bonchev–Trinajstić information content (AvgIpc) is 2.83. The predicted molar refractivity (Wildman–Crippen MR) is 131 cm³/mol. The summed E-state index contributed by atoms with van der Waals surface area (Å²) in [6.45, 7) is 8.14. The topological polar surface area (TPSA) is 143 Å². The smallest absolute Gasteiger partial charge is 0.0925 e. The zero-order chi connectivity index (χ0) is 24.5. The predicted octanol–water partition coefficient (Wildman–Crippen LogP) is 0.673. The Morgan fingerprint density at radius 2 is 1.30 bits per heavy atom. The lowest BCUT2D eigenvalue weighted by atomic mass is 10.00. The number of aromatic nitrogens is 2. The Labute approximate surface area is 199 Å². The van der Waals surface area contributed by atoms with Crippen molar-refractivity contribution in [1.29, 1.82) is 0 Å². The van der Waals surface area contributed by atoms with Crippen molar-refractivity contribution in [2.24, 2.45) is 0 Å². The first-order valence-electron chi connectivity index (χ1n) is 12.6. The van der Waals surface area contributed by atoms with Crippen LogP contribution in [0.5, 0.6) is 0 Å². The van der Waals surface area contributed by atoms with Crippen molar-refractivity contribution in [2.45, 2.75) is 96.1 Å². The van der Waals surface area contributed by atoms with Crippen LogP contribution in [0.15, 0.2) is 12.4 Å². The van der Waals surface area contributed by atoms with Crippen LogP contribution in [0, 0.1) is 0 Å². The van der Waals surface area contributed by atoms with Gasteiger partial charge in [0.1, 0.15) is 0 Å². The van der Waals surface area contributed by atoms with E-state index in [-0.39, 0.29) is 19.6 Å². The highest BCUT2D eigenvalue weighted by Gasteiger charge is 2.29. The van der Waals surface area contributed by atoms with E-state index < -0.39 is 30.3 Å². The molecule has 0 unspecified atom stereocenters. The molecule has 0 bridgehead atoms. The zero-order valence-corrected chi connectivity index (χ0v) is 20.7. The third-order valence-electron chi connectivity index (χ3n) is 5.84. The summed E-state index contributed by atoms with van der Waals surface area (Å²) >= 11 is 0. The van der Waals surface area contributed by atoms with Crippen LogP contribution in [0.3, 0.4) is 0 Å². The van der Waals surface area contributed by atoms with E-state index in [1.54, 1.807) is 12.4 Å². The van der Waals surface area contributed by atoms with Crippen LogP contribution in [0.2, 0.25) is 0 Å². The molecule has 9 heteroatoms. The van der Waals surface area contributed by atoms with Crippen molar-refractivity contribution in [3.05, 3.63) is 23.8 Å². The van der Waals surface area contributed by atoms with Crippen molar-refractivity contribution >= 4 is 0 Å². The molecule has 5 atom stereocenters. The van der Waals surface area contributed by atoms with Gasteiger partial charge in [0.25, 0.3) is 0 Å². The summed E-state index contributed by atoms with van der Waals surface area (Å²) < 4.78 is 0. The first-order valence-corrected chi connectivity index (χ1v) is 12.6. The molecular weight excluding hydrogens is 422 g/mol. The molecule has 1 aromatic rings. The molecule has 192 valence electrons. The van der Waals surface area contributed by atoms with Crippen molar-refractivity contribution in [2.75, 3.05) is 32.8 Å². The highest BCUT2D eigenvalue weighted by Crippen LogP contribution is 2.18. The highest BCUT2D eigenvalue weighted by atomic mass is 16.3. The number of nitrogens with one attached hydrogen (secondary N) is 3. The van der Waals surface area contributed by atoms with E-state index in [9.17, 15) is 20.4 Å². The quantitative estimate of drug-likeness (QED) is 0.137. The highest BCUT2D eigenvalue weighted by molar-refractivity contribution is 5.11. The van der Waals surface area contributed by atoms with Crippen molar-refractivity contribution in [3.8, 4) is 0 Å². The van der Waals surface area contributed by atoms with Crippen LogP contribution < -0.4 is 16.0 Å². The lowest BCUT2D eigenvalue weighted by Gasteiger charge is -2.30. The first kappa shape index (κ1) is 29.8. The number of aliphatic hydroxyl groups is 4. The number of nitrogens with zero attached hydrogens (tertiary/aromatic N) is 2. The van der Waals surface area contributed by atoms with Crippen molar-refractivity contribution < 1.29 is 20.4 Å². The van der Waals surface area contributed by atoms with Gasteiger partial charge < -0.3 is 36.4 Å². The Morgan fingerprint density at radius 3 is 1.79 bits per heavy atom. The molecular formula is C24H47N5O4. The Balaban J connectivity index is 2.86. The van der Waals surface area contributed by atoms with Gasteiger partial charge in [-0.2, -0.15) is 0 Å². The second-order valence-corrected chi connectivity index (χ2v) is 8.67. The number of aliphatic hydroxyl groups excluding tert-OH is 4. The summed E-state index contributed by atoms with van der Waals surface area (Å²) in [4.78, 5) is 8.98. The number of rotatable bonds is 20. The lowest BCUT2D eigenvalue weighted by molar-refractivity contribution is 0.0570. The minimum atomic E-state index is -0.879. The molecule has 33 heavy (non-hydrogen) atoms. The number of hydrogen-bond acceptors (Lipinski definition) is 9. The largest absolute Gasteiger partial charge is 0.395 e. The van der Waals surface area contributed by atoms with Crippen LogP contribution in [0.25, 0.3) is 0 Å². The van der Waals surface area contributed by atoms with Crippen LogP contribution in [-0.2, 0) is 6.42 Å². The number of hydrogen-bond donors (Lipinski definition) is 7. The van der Waals surface area contributed by atoms with E-state index >= 15 is 0 Å². The number of unbranched alkanes of at least 4 members (excludes halogenated alkanes) is 3. The molecule has 0 aromatic carbocycles. The van der Waals surface area contributed by atoms with E-state index in [1.807, 2.05) is 0 Å². The second kappa shape index (κ2) is 18.2. The third kappa shape index (κ3) is 11.2. The third-order valence-corrected chi connectivity index (χ3v) is 5.84. The summed E-state index contributed by atoms with van der Waals surface area (Å²) in [5.74, 6) is 0. The Morgan fingerprint density at radius 1 is 0.758 bits per heavy atom. The van der Waals surface area contributed by atoms with E-state index in [0.717, 1.165) is 58.2 Å². The van der Waals surface area contributed by atoms with Crippen LogP contribution >= 0.6 is 0 Å². The van der Waals surface area contributed by atoms with Crippen LogP contribution in [0.1, 0.15) is 76.7 Å². The van der Waals surface area contributed by atoms with E-state index in [2.05, 4.69) is 46.7 Å². The van der Waals surface area contributed by atoms with Gasteiger partial charge in [0, 0.05) is 12.6 Å². The van der Waals surface area contributed by atoms with E-state index in [0.29, 0.717) is 11.4 Å². The normalized spacial score (nSPS) is 16.3. The molecule has 0 saturated heterocycles. The summed E-state index contributed by atoms with van der Waals surface area (Å²) in [5, 5.41) is 50.7. The fourth-order valence-electron chi connectivity index (χ4n) is 3.60. The molecule has 0 radical (unpaired) electrons. The van der Waals surface area contributed by atoms with Gasteiger partial charge in [0.2, 0.25) is 0 Å². The first-order chi connectivity index (χ1) is 16.0. The Kier molecular flexibility index (Phi) is 16.4. The zero-order valence-electron chi connectivity index (χ0n) is 20.7. The Bertz CT molecular complexity index is 593. The van der Waals surface area contributed by atoms with Crippen LogP contribution in [-0.4, -0.2) is 87.5 Å². The Hall–Kier alpha value is -1.20. The summed E-state index contributed by atoms with van der Waals surface area (Å²) in [6, 6.07) is -1.36. The molecule has 0 aliphatic heterocycles. The fraction of sp³-hybridized carbons (Fsp3) is 0.833. The molecule has 0 aliphatic rings. The average molecular weight is 470 g/mol. The maximum atomic E-state index is 11.0. The molecule has 1 heterocycles. The van der Waals surface area contributed by atoms with Crippen molar-refractivity contribution in [1.82, 2.24) is 25.9 Å². The molecule has 1 rings (SSSR count). The molecule has 9 nitrogen and oxygen atoms in total. The minimum absolute atomic E-state index is 0.153. The molecule has 0 saturated carbocycles. The van der Waals surface area contributed by atoms with Gasteiger partial charge in [-0.05, 0) is 38.9 Å². The molecule has 1 aromatic heterocycles. The van der Waals surface area contributed by atoms with Crippen LogP contribution in [0.4, 0.5) is 0 Å².